The summed E-state index contributed by atoms with van der Waals surface area (Å²) in [6.45, 7) is 5.87. The predicted octanol–water partition coefficient (Wildman–Crippen LogP) is 4.09. The zero-order chi connectivity index (χ0) is 13.2. The van der Waals surface area contributed by atoms with E-state index < -0.39 is 0 Å². The first-order valence-electron chi connectivity index (χ1n) is 8.06. The second kappa shape index (κ2) is 5.66. The average Bonchev–Trinajstić information content (AvgIpc) is 2.87. The molecule has 1 N–H and O–H groups in total. The number of benzene rings is 1. The molecule has 3 rings (SSSR count). The molecule has 1 saturated carbocycles. The van der Waals surface area contributed by atoms with Gasteiger partial charge in [0.25, 0.3) is 0 Å². The summed E-state index contributed by atoms with van der Waals surface area (Å²) in [6, 6.07) is 7.85. The van der Waals surface area contributed by atoms with Crippen molar-refractivity contribution in [1.29, 1.82) is 0 Å². The Morgan fingerprint density at radius 1 is 1.05 bits per heavy atom. The highest BCUT2D eigenvalue weighted by Crippen LogP contribution is 2.29. The van der Waals surface area contributed by atoms with E-state index in [2.05, 4.69) is 37.4 Å². The first-order valence-corrected chi connectivity index (χ1v) is 8.06. The third kappa shape index (κ3) is 3.02. The predicted molar refractivity (Wildman–Crippen MR) is 81.3 cm³/mol. The van der Waals surface area contributed by atoms with Gasteiger partial charge in [0, 0.05) is 12.6 Å². The Morgan fingerprint density at radius 3 is 2.74 bits per heavy atom. The van der Waals surface area contributed by atoms with Crippen molar-refractivity contribution in [2.45, 2.75) is 65.0 Å². The van der Waals surface area contributed by atoms with Crippen molar-refractivity contribution >= 4 is 0 Å². The molecule has 3 unspecified atom stereocenters. The van der Waals surface area contributed by atoms with E-state index in [1.54, 1.807) is 11.1 Å². The maximum absolute atomic E-state index is 3.78. The molecule has 0 aromatic heterocycles. The molecule has 1 nitrogen and oxygen atoms in total. The monoisotopic (exact) mass is 257 g/mol. The van der Waals surface area contributed by atoms with Crippen molar-refractivity contribution in [2.75, 3.05) is 0 Å². The van der Waals surface area contributed by atoms with Crippen LogP contribution in [0.1, 0.15) is 56.2 Å². The van der Waals surface area contributed by atoms with Crippen molar-refractivity contribution in [3.63, 3.8) is 0 Å². The summed E-state index contributed by atoms with van der Waals surface area (Å²) in [6.07, 6.45) is 8.04. The minimum Gasteiger partial charge on any atom is -0.310 e. The molecule has 0 heterocycles. The van der Waals surface area contributed by atoms with Gasteiger partial charge in [-0.25, -0.2) is 0 Å². The lowest BCUT2D eigenvalue weighted by Crippen LogP contribution is -2.35. The van der Waals surface area contributed by atoms with Gasteiger partial charge in [-0.2, -0.15) is 0 Å². The summed E-state index contributed by atoms with van der Waals surface area (Å²) >= 11 is 0. The van der Waals surface area contributed by atoms with Gasteiger partial charge in [0.2, 0.25) is 0 Å². The van der Waals surface area contributed by atoms with Gasteiger partial charge in [-0.15, -0.1) is 0 Å². The highest BCUT2D eigenvalue weighted by Gasteiger charge is 2.24. The van der Waals surface area contributed by atoms with E-state index in [0.717, 1.165) is 24.4 Å². The first kappa shape index (κ1) is 13.2. The fourth-order valence-corrected chi connectivity index (χ4v) is 3.73. The van der Waals surface area contributed by atoms with Crippen molar-refractivity contribution < 1.29 is 0 Å². The van der Waals surface area contributed by atoms with Crippen molar-refractivity contribution in [3.05, 3.63) is 34.9 Å². The van der Waals surface area contributed by atoms with Crippen LogP contribution in [0.5, 0.6) is 0 Å². The van der Waals surface area contributed by atoms with Crippen LogP contribution in [0.4, 0.5) is 0 Å². The quantitative estimate of drug-likeness (QED) is 0.860. The van der Waals surface area contributed by atoms with Gasteiger partial charge in [0.15, 0.2) is 0 Å². The van der Waals surface area contributed by atoms with E-state index in [9.17, 15) is 0 Å². The maximum atomic E-state index is 3.78. The van der Waals surface area contributed by atoms with E-state index in [-0.39, 0.29) is 0 Å². The van der Waals surface area contributed by atoms with Crippen LogP contribution in [0, 0.1) is 11.8 Å². The molecule has 1 aromatic rings. The maximum Gasteiger partial charge on any atom is 0.0208 e. The van der Waals surface area contributed by atoms with Crippen molar-refractivity contribution in [1.82, 2.24) is 5.32 Å². The number of hydrogen-bond acceptors (Lipinski definition) is 1. The Kier molecular flexibility index (Phi) is 3.93. The lowest BCUT2D eigenvalue weighted by molar-refractivity contribution is 0.225. The highest BCUT2D eigenvalue weighted by atomic mass is 14.9. The SMILES string of the molecule is CC1CCC(NCc2ccc3c(c2)CCC3)CC1C. The topological polar surface area (TPSA) is 12.0 Å². The van der Waals surface area contributed by atoms with Crippen molar-refractivity contribution in [3.8, 4) is 0 Å². The number of rotatable bonds is 3. The Hall–Kier alpha value is -0.820. The van der Waals surface area contributed by atoms with Gasteiger partial charge >= 0.3 is 0 Å². The molecular weight excluding hydrogens is 230 g/mol. The van der Waals surface area contributed by atoms with Crippen LogP contribution in [0.2, 0.25) is 0 Å². The smallest absolute Gasteiger partial charge is 0.0208 e. The van der Waals surface area contributed by atoms with Gasteiger partial charge in [-0.1, -0.05) is 32.0 Å². The van der Waals surface area contributed by atoms with Crippen LogP contribution in [0.15, 0.2) is 18.2 Å². The Balaban J connectivity index is 1.55. The van der Waals surface area contributed by atoms with E-state index in [1.807, 2.05) is 0 Å². The van der Waals surface area contributed by atoms with E-state index in [1.165, 1.54) is 44.1 Å². The molecular formula is C18H27N. The molecule has 0 amide bonds. The lowest BCUT2D eigenvalue weighted by atomic mass is 9.79. The Morgan fingerprint density at radius 2 is 1.89 bits per heavy atom. The fraction of sp³-hybridized carbons (Fsp3) is 0.667. The molecule has 0 saturated heterocycles. The molecule has 2 aliphatic rings. The molecule has 0 bridgehead atoms. The van der Waals surface area contributed by atoms with Gasteiger partial charge in [0.05, 0.1) is 0 Å². The third-order valence-electron chi connectivity index (χ3n) is 5.36. The van der Waals surface area contributed by atoms with E-state index >= 15 is 0 Å². The molecule has 0 aliphatic heterocycles. The van der Waals surface area contributed by atoms with Gasteiger partial charge in [0.1, 0.15) is 0 Å². The van der Waals surface area contributed by atoms with Crippen LogP contribution >= 0.6 is 0 Å². The summed E-state index contributed by atoms with van der Waals surface area (Å²) in [5, 5.41) is 3.78. The number of aryl methyl sites for hydroxylation is 2. The molecule has 1 fully saturated rings. The Bertz CT molecular complexity index is 437. The van der Waals surface area contributed by atoms with Gasteiger partial charge in [-0.05, 0) is 67.1 Å². The number of nitrogens with one attached hydrogen (secondary N) is 1. The van der Waals surface area contributed by atoms with Crippen LogP contribution < -0.4 is 5.32 Å². The van der Waals surface area contributed by atoms with Crippen LogP contribution in [0.25, 0.3) is 0 Å². The molecule has 1 aromatic carbocycles. The second-order valence-electron chi connectivity index (χ2n) is 6.80. The lowest BCUT2D eigenvalue weighted by Gasteiger charge is -2.32. The largest absolute Gasteiger partial charge is 0.310 e. The minimum absolute atomic E-state index is 0.736. The summed E-state index contributed by atoms with van der Waals surface area (Å²) in [7, 11) is 0. The van der Waals surface area contributed by atoms with E-state index in [0.29, 0.717) is 0 Å². The summed E-state index contributed by atoms with van der Waals surface area (Å²) in [5.74, 6) is 1.80. The standard InChI is InChI=1S/C18H27N/c1-13-6-9-18(10-14(13)2)19-12-15-7-8-16-4-3-5-17(16)11-15/h7-8,11,13-14,18-19H,3-6,9-10,12H2,1-2H3. The second-order valence-corrected chi connectivity index (χ2v) is 6.80. The molecule has 19 heavy (non-hydrogen) atoms. The van der Waals surface area contributed by atoms with Gasteiger partial charge < -0.3 is 5.32 Å². The van der Waals surface area contributed by atoms with Gasteiger partial charge in [-0.3, -0.25) is 0 Å². The molecule has 0 spiro atoms. The van der Waals surface area contributed by atoms with E-state index in [4.69, 9.17) is 0 Å². The van der Waals surface area contributed by atoms with Crippen molar-refractivity contribution in [2.24, 2.45) is 11.8 Å². The first-order chi connectivity index (χ1) is 9.22. The molecule has 2 aliphatic carbocycles. The molecule has 104 valence electrons. The fourth-order valence-electron chi connectivity index (χ4n) is 3.73. The molecule has 1 heteroatoms. The third-order valence-corrected chi connectivity index (χ3v) is 5.36. The molecule has 0 radical (unpaired) electrons. The number of hydrogen-bond donors (Lipinski definition) is 1. The summed E-state index contributed by atoms with van der Waals surface area (Å²) < 4.78 is 0. The summed E-state index contributed by atoms with van der Waals surface area (Å²) in [4.78, 5) is 0. The Labute approximate surface area is 117 Å². The molecule has 3 atom stereocenters. The number of fused-ring (bicyclic) bond motifs is 1. The summed E-state index contributed by atoms with van der Waals surface area (Å²) in [5.41, 5.74) is 4.67. The zero-order valence-corrected chi connectivity index (χ0v) is 12.4. The average molecular weight is 257 g/mol. The minimum atomic E-state index is 0.736. The van der Waals surface area contributed by atoms with Crippen LogP contribution in [0.3, 0.4) is 0 Å². The van der Waals surface area contributed by atoms with Crippen LogP contribution in [-0.4, -0.2) is 6.04 Å². The normalized spacial score (nSPS) is 30.3. The zero-order valence-electron chi connectivity index (χ0n) is 12.4. The highest BCUT2D eigenvalue weighted by molar-refractivity contribution is 5.35. The van der Waals surface area contributed by atoms with Crippen LogP contribution in [-0.2, 0) is 19.4 Å².